The Bertz CT molecular complexity index is 413. The number of aryl methyl sites for hydroxylation is 1. The average molecular weight is 261 g/mol. The van der Waals surface area contributed by atoms with Crippen LogP contribution in [0.2, 0.25) is 0 Å². The summed E-state index contributed by atoms with van der Waals surface area (Å²) in [4.78, 5) is 13.3. The van der Waals surface area contributed by atoms with Crippen molar-refractivity contribution in [1.29, 1.82) is 0 Å². The van der Waals surface area contributed by atoms with Gasteiger partial charge in [0.15, 0.2) is 0 Å². The number of benzene rings is 1. The van der Waals surface area contributed by atoms with Crippen molar-refractivity contribution in [1.82, 2.24) is 4.90 Å². The molecule has 0 saturated carbocycles. The predicted octanol–water partition coefficient (Wildman–Crippen LogP) is 2.94. The first-order chi connectivity index (χ1) is 9.19. The minimum Gasteiger partial charge on any atom is -0.481 e. The number of hydrogen-bond acceptors (Lipinski definition) is 2. The van der Waals surface area contributed by atoms with E-state index < -0.39 is 5.97 Å². The van der Waals surface area contributed by atoms with Gasteiger partial charge in [0.2, 0.25) is 0 Å². The Kier molecular flexibility index (Phi) is 4.97. The van der Waals surface area contributed by atoms with Gasteiger partial charge in [-0.1, -0.05) is 37.6 Å². The number of carbonyl (C=O) groups is 1. The molecule has 1 unspecified atom stereocenters. The molecule has 1 aliphatic rings. The number of rotatable bonds is 5. The quantitative estimate of drug-likeness (QED) is 0.886. The highest BCUT2D eigenvalue weighted by Gasteiger charge is 2.25. The molecule has 0 amide bonds. The molecule has 1 saturated heterocycles. The molecule has 1 heterocycles. The summed E-state index contributed by atoms with van der Waals surface area (Å²) in [6, 6.07) is 8.74. The predicted molar refractivity (Wildman–Crippen MR) is 76.1 cm³/mol. The van der Waals surface area contributed by atoms with Crippen LogP contribution in [0.3, 0.4) is 0 Å². The van der Waals surface area contributed by atoms with E-state index in [9.17, 15) is 4.79 Å². The number of nitrogens with zero attached hydrogens (tertiary/aromatic N) is 1. The Balaban J connectivity index is 1.91. The maximum absolute atomic E-state index is 11.0. The van der Waals surface area contributed by atoms with E-state index in [-0.39, 0.29) is 5.92 Å². The van der Waals surface area contributed by atoms with Crippen LogP contribution >= 0.6 is 0 Å². The molecule has 1 N–H and O–H groups in total. The summed E-state index contributed by atoms with van der Waals surface area (Å²) in [5, 5.41) is 9.09. The fraction of sp³-hybridized carbons (Fsp3) is 0.562. The van der Waals surface area contributed by atoms with Crippen molar-refractivity contribution in [2.75, 3.05) is 13.1 Å². The van der Waals surface area contributed by atoms with Crippen LogP contribution in [-0.2, 0) is 17.8 Å². The summed E-state index contributed by atoms with van der Waals surface area (Å²) >= 11 is 0. The van der Waals surface area contributed by atoms with E-state index in [2.05, 4.69) is 36.1 Å². The summed E-state index contributed by atoms with van der Waals surface area (Å²) in [5.74, 6) is -0.837. The number of carboxylic acids is 1. The van der Waals surface area contributed by atoms with Gasteiger partial charge in [-0.3, -0.25) is 9.69 Å². The molecule has 1 fully saturated rings. The normalized spacial score (nSPS) is 20.4. The number of carboxylic acid groups (broad SMARTS) is 1. The van der Waals surface area contributed by atoms with Crippen LogP contribution in [0, 0.1) is 5.92 Å². The summed E-state index contributed by atoms with van der Waals surface area (Å²) in [6.45, 7) is 4.76. The monoisotopic (exact) mass is 261 g/mol. The zero-order chi connectivity index (χ0) is 13.7. The molecule has 0 radical (unpaired) electrons. The molecule has 3 nitrogen and oxygen atoms in total. The Morgan fingerprint density at radius 1 is 1.32 bits per heavy atom. The van der Waals surface area contributed by atoms with Gasteiger partial charge in [0.1, 0.15) is 0 Å². The summed E-state index contributed by atoms with van der Waals surface area (Å²) in [7, 11) is 0. The molecule has 104 valence electrons. The van der Waals surface area contributed by atoms with Gasteiger partial charge in [0, 0.05) is 13.1 Å². The van der Waals surface area contributed by atoms with Crippen molar-refractivity contribution in [2.24, 2.45) is 5.92 Å². The minimum absolute atomic E-state index is 0.187. The van der Waals surface area contributed by atoms with Gasteiger partial charge in [-0.05, 0) is 36.9 Å². The Morgan fingerprint density at radius 2 is 2.00 bits per heavy atom. The Hall–Kier alpha value is -1.35. The second kappa shape index (κ2) is 6.71. The lowest BCUT2D eigenvalue weighted by Gasteiger charge is -2.30. The topological polar surface area (TPSA) is 40.5 Å². The Labute approximate surface area is 115 Å². The number of piperidine rings is 1. The molecule has 1 aliphatic heterocycles. The highest BCUT2D eigenvalue weighted by atomic mass is 16.4. The molecule has 1 aromatic rings. The fourth-order valence-electron chi connectivity index (χ4n) is 2.76. The lowest BCUT2D eigenvalue weighted by atomic mass is 9.97. The molecule has 0 bridgehead atoms. The molecule has 0 spiro atoms. The van der Waals surface area contributed by atoms with Gasteiger partial charge in [-0.15, -0.1) is 0 Å². The largest absolute Gasteiger partial charge is 0.481 e. The first-order valence-corrected chi connectivity index (χ1v) is 7.22. The zero-order valence-corrected chi connectivity index (χ0v) is 11.6. The lowest BCUT2D eigenvalue weighted by Crippen LogP contribution is -2.38. The standard InChI is InChI=1S/C16H23NO2/c1-2-4-13-6-8-14(9-7-13)11-17-10-3-5-15(12-17)16(18)19/h6-9,15H,2-5,10-12H2,1H3,(H,18,19). The van der Waals surface area contributed by atoms with Gasteiger partial charge in [0.05, 0.1) is 5.92 Å². The summed E-state index contributed by atoms with van der Waals surface area (Å²) < 4.78 is 0. The van der Waals surface area contributed by atoms with Crippen molar-refractivity contribution in [3.63, 3.8) is 0 Å². The number of aliphatic carboxylic acids is 1. The SMILES string of the molecule is CCCc1ccc(CN2CCCC(C(=O)O)C2)cc1. The maximum atomic E-state index is 11.0. The van der Waals surface area contributed by atoms with Crippen LogP contribution in [0.5, 0.6) is 0 Å². The second-order valence-corrected chi connectivity index (χ2v) is 5.48. The van der Waals surface area contributed by atoms with Crippen LogP contribution in [0.15, 0.2) is 24.3 Å². The molecular weight excluding hydrogens is 238 g/mol. The van der Waals surface area contributed by atoms with E-state index in [4.69, 9.17) is 5.11 Å². The molecule has 1 aromatic carbocycles. The fourth-order valence-corrected chi connectivity index (χ4v) is 2.76. The van der Waals surface area contributed by atoms with E-state index in [1.54, 1.807) is 0 Å². The Morgan fingerprint density at radius 3 is 2.63 bits per heavy atom. The highest BCUT2D eigenvalue weighted by Crippen LogP contribution is 2.19. The summed E-state index contributed by atoms with van der Waals surface area (Å²) in [6.07, 6.45) is 4.11. The van der Waals surface area contributed by atoms with Crippen molar-refractivity contribution in [2.45, 2.75) is 39.2 Å². The third-order valence-electron chi connectivity index (χ3n) is 3.82. The van der Waals surface area contributed by atoms with Crippen molar-refractivity contribution in [3.05, 3.63) is 35.4 Å². The van der Waals surface area contributed by atoms with Gasteiger partial charge in [0.25, 0.3) is 0 Å². The molecule has 19 heavy (non-hydrogen) atoms. The third kappa shape index (κ3) is 4.06. The van der Waals surface area contributed by atoms with E-state index in [1.807, 2.05) is 0 Å². The van der Waals surface area contributed by atoms with E-state index in [1.165, 1.54) is 17.5 Å². The van der Waals surface area contributed by atoms with Crippen LogP contribution in [0.1, 0.15) is 37.3 Å². The van der Waals surface area contributed by atoms with Crippen LogP contribution in [-0.4, -0.2) is 29.1 Å². The maximum Gasteiger partial charge on any atom is 0.307 e. The molecule has 1 atom stereocenters. The van der Waals surface area contributed by atoms with Gasteiger partial charge in [-0.25, -0.2) is 0 Å². The van der Waals surface area contributed by atoms with Gasteiger partial charge in [-0.2, -0.15) is 0 Å². The van der Waals surface area contributed by atoms with Crippen LogP contribution < -0.4 is 0 Å². The van der Waals surface area contributed by atoms with Crippen LogP contribution in [0.4, 0.5) is 0 Å². The minimum atomic E-state index is -0.650. The van der Waals surface area contributed by atoms with E-state index in [0.717, 1.165) is 32.4 Å². The zero-order valence-electron chi connectivity index (χ0n) is 11.6. The molecule has 2 rings (SSSR count). The van der Waals surface area contributed by atoms with Crippen molar-refractivity contribution >= 4 is 5.97 Å². The van der Waals surface area contributed by atoms with E-state index in [0.29, 0.717) is 6.54 Å². The summed E-state index contributed by atoms with van der Waals surface area (Å²) in [5.41, 5.74) is 2.67. The van der Waals surface area contributed by atoms with Crippen molar-refractivity contribution < 1.29 is 9.90 Å². The van der Waals surface area contributed by atoms with Gasteiger partial charge < -0.3 is 5.11 Å². The molecule has 0 aliphatic carbocycles. The lowest BCUT2D eigenvalue weighted by molar-refractivity contribution is -0.143. The number of likely N-dealkylation sites (tertiary alicyclic amines) is 1. The third-order valence-corrected chi connectivity index (χ3v) is 3.82. The first kappa shape index (κ1) is 14.1. The smallest absolute Gasteiger partial charge is 0.307 e. The van der Waals surface area contributed by atoms with Crippen LogP contribution in [0.25, 0.3) is 0 Å². The van der Waals surface area contributed by atoms with E-state index >= 15 is 0 Å². The first-order valence-electron chi connectivity index (χ1n) is 7.22. The second-order valence-electron chi connectivity index (χ2n) is 5.48. The molecular formula is C16H23NO2. The number of hydrogen-bond donors (Lipinski definition) is 1. The molecule has 3 heteroatoms. The van der Waals surface area contributed by atoms with Crippen molar-refractivity contribution in [3.8, 4) is 0 Å². The highest BCUT2D eigenvalue weighted by molar-refractivity contribution is 5.70. The average Bonchev–Trinajstić information content (AvgIpc) is 2.42. The molecule has 0 aromatic heterocycles. The van der Waals surface area contributed by atoms with Gasteiger partial charge >= 0.3 is 5.97 Å².